The van der Waals surface area contributed by atoms with Gasteiger partial charge in [-0.1, -0.05) is 13.0 Å². The third-order valence-electron chi connectivity index (χ3n) is 1.97. The lowest BCUT2D eigenvalue weighted by Gasteiger charge is -2.14. The monoisotopic (exact) mass is 229 g/mol. The molecule has 1 rings (SSSR count). The molecule has 0 radical (unpaired) electrons. The van der Waals surface area contributed by atoms with Crippen molar-refractivity contribution < 1.29 is 4.79 Å². The third kappa shape index (κ3) is 3.35. The van der Waals surface area contributed by atoms with E-state index in [0.29, 0.717) is 12.2 Å². The van der Waals surface area contributed by atoms with Gasteiger partial charge in [0.2, 0.25) is 5.91 Å². The molecule has 14 heavy (non-hydrogen) atoms. The Morgan fingerprint density at radius 2 is 2.50 bits per heavy atom. The average molecular weight is 229 g/mol. The highest BCUT2D eigenvalue weighted by Gasteiger charge is 2.12. The summed E-state index contributed by atoms with van der Waals surface area (Å²) in [5.74, 6) is 0.687. The van der Waals surface area contributed by atoms with E-state index in [1.54, 1.807) is 11.3 Å². The van der Waals surface area contributed by atoms with Gasteiger partial charge in [-0.05, 0) is 23.6 Å². The number of nitrogens with one attached hydrogen (secondary N) is 1. The van der Waals surface area contributed by atoms with E-state index < -0.39 is 0 Å². The maximum absolute atomic E-state index is 11.4. The first kappa shape index (κ1) is 11.6. The van der Waals surface area contributed by atoms with Gasteiger partial charge in [0.1, 0.15) is 0 Å². The van der Waals surface area contributed by atoms with Crippen molar-refractivity contribution >= 4 is 29.9 Å². The van der Waals surface area contributed by atoms with Crippen molar-refractivity contribution in [1.29, 1.82) is 0 Å². The van der Waals surface area contributed by atoms with Gasteiger partial charge in [0.15, 0.2) is 0 Å². The lowest BCUT2D eigenvalue weighted by Crippen LogP contribution is -2.27. The summed E-state index contributed by atoms with van der Waals surface area (Å²) in [7, 11) is 0. The SMILES string of the molecule is CCC(NC(=O)CCS)c1cccs1. The Hall–Kier alpha value is -0.480. The molecular weight excluding hydrogens is 214 g/mol. The molecule has 1 atom stereocenters. The minimum atomic E-state index is 0.0836. The molecule has 2 nitrogen and oxygen atoms in total. The van der Waals surface area contributed by atoms with Crippen LogP contribution in [0.4, 0.5) is 0 Å². The fraction of sp³-hybridized carbons (Fsp3) is 0.500. The molecule has 1 unspecified atom stereocenters. The molecule has 1 N–H and O–H groups in total. The second-order valence-electron chi connectivity index (χ2n) is 3.02. The van der Waals surface area contributed by atoms with Crippen molar-refractivity contribution in [2.24, 2.45) is 0 Å². The number of carbonyl (C=O) groups is 1. The number of rotatable bonds is 5. The zero-order chi connectivity index (χ0) is 10.4. The largest absolute Gasteiger partial charge is 0.348 e. The van der Waals surface area contributed by atoms with Crippen molar-refractivity contribution in [3.05, 3.63) is 22.4 Å². The highest BCUT2D eigenvalue weighted by atomic mass is 32.1. The van der Waals surface area contributed by atoms with Crippen LogP contribution in [-0.2, 0) is 4.79 Å². The first-order valence-corrected chi connectivity index (χ1v) is 6.22. The summed E-state index contributed by atoms with van der Waals surface area (Å²) in [5.41, 5.74) is 0. The molecule has 0 aliphatic carbocycles. The van der Waals surface area contributed by atoms with Crippen LogP contribution in [0.1, 0.15) is 30.7 Å². The van der Waals surface area contributed by atoms with E-state index in [1.807, 2.05) is 11.4 Å². The molecule has 1 amide bonds. The van der Waals surface area contributed by atoms with Gasteiger partial charge in [-0.3, -0.25) is 4.79 Å². The zero-order valence-corrected chi connectivity index (χ0v) is 9.91. The molecule has 0 saturated carbocycles. The number of hydrogen-bond acceptors (Lipinski definition) is 3. The van der Waals surface area contributed by atoms with Crippen molar-refractivity contribution in [3.8, 4) is 0 Å². The van der Waals surface area contributed by atoms with Crippen LogP contribution in [0.25, 0.3) is 0 Å². The van der Waals surface area contributed by atoms with Gasteiger partial charge in [0.25, 0.3) is 0 Å². The van der Waals surface area contributed by atoms with Crippen LogP contribution in [0.3, 0.4) is 0 Å². The lowest BCUT2D eigenvalue weighted by atomic mass is 10.2. The first-order chi connectivity index (χ1) is 6.77. The van der Waals surface area contributed by atoms with Crippen LogP contribution in [0.2, 0.25) is 0 Å². The Kier molecular flexibility index (Phi) is 5.04. The first-order valence-electron chi connectivity index (χ1n) is 4.71. The molecule has 0 spiro atoms. The highest BCUT2D eigenvalue weighted by molar-refractivity contribution is 7.80. The van der Waals surface area contributed by atoms with Crippen molar-refractivity contribution in [2.75, 3.05) is 5.75 Å². The Morgan fingerprint density at radius 1 is 1.71 bits per heavy atom. The van der Waals surface area contributed by atoms with Crippen molar-refractivity contribution in [2.45, 2.75) is 25.8 Å². The van der Waals surface area contributed by atoms with Crippen molar-refractivity contribution in [3.63, 3.8) is 0 Å². The summed E-state index contributed by atoms with van der Waals surface area (Å²) in [6.07, 6.45) is 1.42. The van der Waals surface area contributed by atoms with Crippen LogP contribution in [-0.4, -0.2) is 11.7 Å². The molecule has 0 bridgehead atoms. The van der Waals surface area contributed by atoms with Gasteiger partial charge in [-0.2, -0.15) is 12.6 Å². The number of thiophene rings is 1. The van der Waals surface area contributed by atoms with Crippen LogP contribution in [0.5, 0.6) is 0 Å². The Labute approximate surface area is 94.1 Å². The predicted molar refractivity (Wildman–Crippen MR) is 64.0 cm³/mol. The molecular formula is C10H15NOS2. The number of thiol groups is 1. The lowest BCUT2D eigenvalue weighted by molar-refractivity contribution is -0.121. The van der Waals surface area contributed by atoms with E-state index >= 15 is 0 Å². The van der Waals surface area contributed by atoms with Gasteiger partial charge in [0, 0.05) is 11.3 Å². The zero-order valence-electron chi connectivity index (χ0n) is 8.19. The Bertz CT molecular complexity index is 272. The van der Waals surface area contributed by atoms with E-state index in [-0.39, 0.29) is 11.9 Å². The molecule has 0 saturated heterocycles. The van der Waals surface area contributed by atoms with Crippen LogP contribution >= 0.6 is 24.0 Å². The average Bonchev–Trinajstić information content (AvgIpc) is 2.67. The maximum atomic E-state index is 11.4. The normalized spacial score (nSPS) is 12.4. The summed E-state index contributed by atoms with van der Waals surface area (Å²) < 4.78 is 0. The molecule has 0 fully saturated rings. The van der Waals surface area contributed by atoms with E-state index in [2.05, 4.69) is 30.9 Å². The summed E-state index contributed by atoms with van der Waals surface area (Å²) in [4.78, 5) is 12.6. The molecule has 78 valence electrons. The molecule has 0 aliphatic heterocycles. The second-order valence-corrected chi connectivity index (χ2v) is 4.44. The fourth-order valence-corrected chi connectivity index (χ4v) is 2.30. The second kappa shape index (κ2) is 6.09. The Morgan fingerprint density at radius 3 is 3.00 bits per heavy atom. The van der Waals surface area contributed by atoms with Gasteiger partial charge >= 0.3 is 0 Å². The molecule has 0 aromatic carbocycles. The molecule has 4 heteroatoms. The molecule has 0 aliphatic rings. The molecule has 1 heterocycles. The number of amides is 1. The summed E-state index contributed by atoms with van der Waals surface area (Å²) in [5, 5.41) is 5.02. The van der Waals surface area contributed by atoms with Crippen LogP contribution in [0, 0.1) is 0 Å². The summed E-state index contributed by atoms with van der Waals surface area (Å²) in [6.45, 7) is 2.07. The van der Waals surface area contributed by atoms with Crippen LogP contribution in [0.15, 0.2) is 17.5 Å². The minimum Gasteiger partial charge on any atom is -0.348 e. The molecule has 1 aromatic heterocycles. The van der Waals surface area contributed by atoms with Crippen LogP contribution < -0.4 is 5.32 Å². The summed E-state index contributed by atoms with van der Waals surface area (Å²) in [6, 6.07) is 4.23. The standard InChI is InChI=1S/C10H15NOS2/c1-2-8(9-4-3-7-14-9)11-10(12)5-6-13/h3-4,7-8,13H,2,5-6H2,1H3,(H,11,12). The van der Waals surface area contributed by atoms with Gasteiger partial charge in [-0.15, -0.1) is 11.3 Å². The fourth-order valence-electron chi connectivity index (χ4n) is 1.23. The quantitative estimate of drug-likeness (QED) is 0.747. The van der Waals surface area contributed by atoms with Crippen molar-refractivity contribution in [1.82, 2.24) is 5.32 Å². The van der Waals surface area contributed by atoms with Gasteiger partial charge < -0.3 is 5.32 Å². The molecule has 1 aromatic rings. The third-order valence-corrected chi connectivity index (χ3v) is 3.18. The predicted octanol–water partition coefficient (Wildman–Crippen LogP) is 2.64. The van der Waals surface area contributed by atoms with Gasteiger partial charge in [-0.25, -0.2) is 0 Å². The van der Waals surface area contributed by atoms with Gasteiger partial charge in [0.05, 0.1) is 6.04 Å². The number of hydrogen-bond donors (Lipinski definition) is 2. The van der Waals surface area contributed by atoms with E-state index in [0.717, 1.165) is 6.42 Å². The smallest absolute Gasteiger partial charge is 0.221 e. The van der Waals surface area contributed by atoms with E-state index in [1.165, 1.54) is 4.88 Å². The number of carbonyl (C=O) groups excluding carboxylic acids is 1. The minimum absolute atomic E-state index is 0.0836. The Balaban J connectivity index is 2.51. The highest BCUT2D eigenvalue weighted by Crippen LogP contribution is 2.21. The topological polar surface area (TPSA) is 29.1 Å². The van der Waals surface area contributed by atoms with E-state index in [9.17, 15) is 4.79 Å². The van der Waals surface area contributed by atoms with E-state index in [4.69, 9.17) is 0 Å². The summed E-state index contributed by atoms with van der Waals surface area (Å²) >= 11 is 5.71. The maximum Gasteiger partial charge on any atom is 0.221 e.